The number of nitrogens with one attached hydrogen (secondary N) is 1. The maximum Gasteiger partial charge on any atom is 0.264 e. The molecule has 0 saturated heterocycles. The van der Waals surface area contributed by atoms with Crippen LogP contribution in [0, 0.1) is 37.0 Å². The quantitative estimate of drug-likeness (QED) is 0.364. The van der Waals surface area contributed by atoms with E-state index in [0.717, 1.165) is 35.1 Å². The molecule has 4 bridgehead atoms. The summed E-state index contributed by atoms with van der Waals surface area (Å²) in [6, 6.07) is 15.5. The minimum absolute atomic E-state index is 0.0288. The molecule has 3 aliphatic rings. The normalized spacial score (nSPS) is 23.2. The summed E-state index contributed by atoms with van der Waals surface area (Å²) in [5, 5.41) is 0. The molecular weight excluding hydrogens is 506 g/mol. The summed E-state index contributed by atoms with van der Waals surface area (Å²) in [7, 11) is -3.89. The number of anilines is 1. The van der Waals surface area contributed by atoms with E-state index in [-0.39, 0.29) is 22.7 Å². The average Bonchev–Trinajstić information content (AvgIpc) is 3.66. The molecule has 6 rings (SSSR count). The molecule has 206 valence electrons. The lowest BCUT2D eigenvalue weighted by atomic mass is 9.60. The van der Waals surface area contributed by atoms with Gasteiger partial charge in [-0.1, -0.05) is 50.6 Å². The Morgan fingerprint density at radius 3 is 2.44 bits per heavy atom. The van der Waals surface area contributed by atoms with E-state index in [9.17, 15) is 8.42 Å². The highest BCUT2D eigenvalue weighted by atomic mass is 32.2. The lowest BCUT2D eigenvalue weighted by Crippen LogP contribution is -2.36. The fourth-order valence-electron chi connectivity index (χ4n) is 6.89. The summed E-state index contributed by atoms with van der Waals surface area (Å²) in [6.07, 6.45) is 7.28. The monoisotopic (exact) mass is 545 g/mol. The highest BCUT2D eigenvalue weighted by Gasteiger charge is 2.55. The van der Waals surface area contributed by atoms with Crippen molar-refractivity contribution < 1.29 is 13.2 Å². The van der Waals surface area contributed by atoms with Crippen molar-refractivity contribution in [2.24, 2.45) is 23.2 Å². The van der Waals surface area contributed by atoms with Crippen molar-refractivity contribution in [3.05, 3.63) is 65.2 Å². The van der Waals surface area contributed by atoms with Crippen LogP contribution in [0.2, 0.25) is 0 Å². The summed E-state index contributed by atoms with van der Waals surface area (Å²) in [4.78, 5) is 9.44. The summed E-state index contributed by atoms with van der Waals surface area (Å²) >= 11 is 0. The van der Waals surface area contributed by atoms with Crippen molar-refractivity contribution >= 4 is 16.0 Å². The van der Waals surface area contributed by atoms with Gasteiger partial charge in [0.05, 0.1) is 17.2 Å². The second kappa shape index (κ2) is 9.92. The average molecular weight is 546 g/mol. The van der Waals surface area contributed by atoms with Crippen LogP contribution < -0.4 is 9.46 Å². The van der Waals surface area contributed by atoms with E-state index in [0.29, 0.717) is 35.4 Å². The number of sulfonamides is 1. The first kappa shape index (κ1) is 26.3. The molecule has 1 unspecified atom stereocenters. The van der Waals surface area contributed by atoms with Crippen LogP contribution in [0.4, 0.5) is 5.95 Å². The number of nitrogens with zero attached hydrogens (tertiary/aromatic N) is 2. The van der Waals surface area contributed by atoms with Crippen LogP contribution in [-0.2, 0) is 10.0 Å². The zero-order chi connectivity index (χ0) is 27.4. The molecule has 2 atom stereocenters. The molecule has 7 heteroatoms. The van der Waals surface area contributed by atoms with Crippen LogP contribution in [0.1, 0.15) is 75.0 Å². The Morgan fingerprint density at radius 2 is 1.74 bits per heavy atom. The third kappa shape index (κ3) is 5.30. The third-order valence-corrected chi connectivity index (χ3v) is 10.5. The molecule has 1 spiro atoms. The molecular formula is C32H39N3O3S. The predicted octanol–water partition coefficient (Wildman–Crippen LogP) is 7.28. The number of aromatic nitrogens is 2. The molecule has 2 aliphatic carbocycles. The maximum atomic E-state index is 13.6. The van der Waals surface area contributed by atoms with Crippen LogP contribution in [0.15, 0.2) is 53.4 Å². The highest BCUT2D eigenvalue weighted by molar-refractivity contribution is 7.92. The summed E-state index contributed by atoms with van der Waals surface area (Å²) < 4.78 is 36.3. The van der Waals surface area contributed by atoms with Gasteiger partial charge in [0.2, 0.25) is 11.8 Å². The van der Waals surface area contributed by atoms with E-state index >= 15 is 0 Å². The Morgan fingerprint density at radius 1 is 1.03 bits per heavy atom. The number of aryl methyl sites for hydroxylation is 2. The number of hydrogen-bond acceptors (Lipinski definition) is 5. The SMILES string of the molecule is Cc1cccc(C)c1-c1cc2nc(n1)NS(=O)(=O)c1cccc(c1)C(C1CC3(CC3)C1)[C@H](CCC(C)C)CO2. The summed E-state index contributed by atoms with van der Waals surface area (Å²) in [5.74, 6) is 2.09. The second-order valence-electron chi connectivity index (χ2n) is 12.6. The Labute approximate surface area is 232 Å². The van der Waals surface area contributed by atoms with Crippen LogP contribution in [-0.4, -0.2) is 25.0 Å². The minimum Gasteiger partial charge on any atom is -0.477 e. The van der Waals surface area contributed by atoms with Gasteiger partial charge in [-0.3, -0.25) is 0 Å². The maximum absolute atomic E-state index is 13.6. The molecule has 2 heterocycles. The second-order valence-corrected chi connectivity index (χ2v) is 14.3. The van der Waals surface area contributed by atoms with E-state index in [2.05, 4.69) is 34.6 Å². The molecule has 0 amide bonds. The number of rotatable bonds is 5. The van der Waals surface area contributed by atoms with Gasteiger partial charge < -0.3 is 4.74 Å². The Bertz CT molecular complexity index is 1470. The number of benzene rings is 2. The van der Waals surface area contributed by atoms with Gasteiger partial charge in [0, 0.05) is 17.5 Å². The van der Waals surface area contributed by atoms with Gasteiger partial charge in [-0.25, -0.2) is 18.1 Å². The number of fused-ring (bicyclic) bond motifs is 4. The van der Waals surface area contributed by atoms with E-state index in [1.54, 1.807) is 6.07 Å². The van der Waals surface area contributed by atoms with Crippen molar-refractivity contribution in [3.63, 3.8) is 0 Å². The van der Waals surface area contributed by atoms with Crippen molar-refractivity contribution in [3.8, 4) is 17.1 Å². The molecule has 1 N–H and O–H groups in total. The molecule has 6 nitrogen and oxygen atoms in total. The first-order valence-electron chi connectivity index (χ1n) is 14.3. The number of hydrogen-bond donors (Lipinski definition) is 1. The molecule has 0 radical (unpaired) electrons. The lowest BCUT2D eigenvalue weighted by molar-refractivity contribution is 0.0836. The van der Waals surface area contributed by atoms with Crippen molar-refractivity contribution in [2.45, 2.75) is 77.0 Å². The fraction of sp³-hybridized carbons (Fsp3) is 0.500. The van der Waals surface area contributed by atoms with Gasteiger partial charge in [0.25, 0.3) is 10.0 Å². The first-order valence-corrected chi connectivity index (χ1v) is 15.8. The summed E-state index contributed by atoms with van der Waals surface area (Å²) in [5.41, 5.74) is 5.43. The standard InChI is InChI=1S/C32H39N3O3S/c1-20(2)11-12-24-19-38-28-16-27(29-21(3)7-5-8-22(29)4)33-31(34-28)35-39(36,37)26-10-6-9-23(15-26)30(24)25-17-32(18-25)13-14-32/h5-10,15-16,20,24-25,30H,11-14,17-19H2,1-4H3,(H,33,34,35)/t24-,30?/m1/s1. The fourth-order valence-corrected chi connectivity index (χ4v) is 7.88. The van der Waals surface area contributed by atoms with Crippen LogP contribution in [0.25, 0.3) is 11.3 Å². The Balaban J connectivity index is 1.45. The summed E-state index contributed by atoms with van der Waals surface area (Å²) in [6.45, 7) is 9.15. The van der Waals surface area contributed by atoms with Gasteiger partial charge in [-0.2, -0.15) is 4.98 Å². The third-order valence-electron chi connectivity index (χ3n) is 9.14. The Kier molecular flexibility index (Phi) is 6.69. The minimum atomic E-state index is -3.89. The molecule has 1 aromatic heterocycles. The predicted molar refractivity (Wildman–Crippen MR) is 154 cm³/mol. The van der Waals surface area contributed by atoms with Crippen LogP contribution in [0.3, 0.4) is 0 Å². The van der Waals surface area contributed by atoms with Gasteiger partial charge >= 0.3 is 0 Å². The van der Waals surface area contributed by atoms with Crippen molar-refractivity contribution in [1.29, 1.82) is 0 Å². The van der Waals surface area contributed by atoms with Crippen molar-refractivity contribution in [1.82, 2.24) is 9.97 Å². The topological polar surface area (TPSA) is 81.2 Å². The smallest absolute Gasteiger partial charge is 0.264 e. The van der Waals surface area contributed by atoms with E-state index < -0.39 is 10.0 Å². The van der Waals surface area contributed by atoms with E-state index in [1.807, 2.05) is 50.2 Å². The first-order chi connectivity index (χ1) is 18.6. The Hall–Kier alpha value is -2.93. The molecule has 2 fully saturated rings. The van der Waals surface area contributed by atoms with Gasteiger partial charge in [-0.15, -0.1) is 0 Å². The zero-order valence-electron chi connectivity index (χ0n) is 23.4. The molecule has 3 aromatic rings. The van der Waals surface area contributed by atoms with Crippen LogP contribution in [0.5, 0.6) is 5.88 Å². The zero-order valence-corrected chi connectivity index (χ0v) is 24.2. The van der Waals surface area contributed by atoms with Gasteiger partial charge in [0.1, 0.15) is 0 Å². The van der Waals surface area contributed by atoms with E-state index in [4.69, 9.17) is 4.74 Å². The van der Waals surface area contributed by atoms with Gasteiger partial charge in [-0.05, 0) is 97.9 Å². The lowest BCUT2D eigenvalue weighted by Gasteiger charge is -2.45. The molecule has 2 saturated carbocycles. The van der Waals surface area contributed by atoms with Crippen LogP contribution >= 0.6 is 0 Å². The highest BCUT2D eigenvalue weighted by Crippen LogP contribution is 2.67. The molecule has 2 aromatic carbocycles. The number of ether oxygens (including phenoxy) is 1. The van der Waals surface area contributed by atoms with E-state index in [1.165, 1.54) is 25.7 Å². The van der Waals surface area contributed by atoms with Gasteiger partial charge in [0.15, 0.2) is 0 Å². The molecule has 1 aliphatic heterocycles. The largest absolute Gasteiger partial charge is 0.477 e. The molecule has 39 heavy (non-hydrogen) atoms. The van der Waals surface area contributed by atoms with Crippen molar-refractivity contribution in [2.75, 3.05) is 11.3 Å².